The van der Waals surface area contributed by atoms with Gasteiger partial charge in [0.25, 0.3) is 0 Å². The molecule has 3 nitrogen and oxygen atoms in total. The van der Waals surface area contributed by atoms with Gasteiger partial charge in [0.1, 0.15) is 0 Å². The van der Waals surface area contributed by atoms with E-state index in [1.165, 1.54) is 0 Å². The van der Waals surface area contributed by atoms with E-state index in [0.29, 0.717) is 0 Å². The van der Waals surface area contributed by atoms with E-state index in [1.807, 2.05) is 0 Å². The molecule has 0 radical (unpaired) electrons. The van der Waals surface area contributed by atoms with Crippen LogP contribution in [0.4, 0.5) is 0 Å². The molecule has 1 heterocycles. The lowest BCUT2D eigenvalue weighted by atomic mass is 10.3. The van der Waals surface area contributed by atoms with Gasteiger partial charge in [-0.15, -0.1) is 0 Å². The molecule has 1 rings (SSSR count). The Labute approximate surface area is 42.5 Å². The first-order valence-electron chi connectivity index (χ1n) is 2.24. The Bertz CT molecular complexity index is 22.4. The van der Waals surface area contributed by atoms with Crippen molar-refractivity contribution in [2.24, 2.45) is 0 Å². The summed E-state index contributed by atoms with van der Waals surface area (Å²) in [5.41, 5.74) is 0. The Balaban J connectivity index is 0.000000360. The molecule has 0 atom stereocenters. The first-order chi connectivity index (χ1) is 3.00. The molecule has 0 bridgehead atoms. The number of hydrogen-bond acceptors (Lipinski definition) is 2. The van der Waals surface area contributed by atoms with Gasteiger partial charge in [-0.1, -0.05) is 0 Å². The van der Waals surface area contributed by atoms with Gasteiger partial charge in [0.05, 0.1) is 13.2 Å². The summed E-state index contributed by atoms with van der Waals surface area (Å²) in [4.78, 5) is 9.14. The second-order valence-electron chi connectivity index (χ2n) is 1.35. The lowest BCUT2D eigenvalue weighted by Crippen LogP contribution is -2.05. The maximum atomic E-state index is 4.57. The molecule has 0 aromatic heterocycles. The molecule has 3 heteroatoms. The van der Waals surface area contributed by atoms with E-state index in [9.17, 15) is 0 Å². The molecule has 7 heavy (non-hydrogen) atoms. The average molecular weight is 106 g/mol. The van der Waals surface area contributed by atoms with Crippen LogP contribution < -0.4 is 0 Å². The van der Waals surface area contributed by atoms with Crippen LogP contribution in [0.1, 0.15) is 12.8 Å². The van der Waals surface area contributed by atoms with Gasteiger partial charge in [0.2, 0.25) is 0 Å². The first-order valence-corrected chi connectivity index (χ1v) is 2.24. The Morgan fingerprint density at radius 2 is 1.29 bits per heavy atom. The highest BCUT2D eigenvalue weighted by Crippen LogP contribution is 1.97. The SMILES string of the molecule is C1CCOOC1.O. The molecular formula is C4H10O3. The molecule has 0 aliphatic carbocycles. The predicted octanol–water partition coefficient (Wildman–Crippen LogP) is -0.0963. The highest BCUT2D eigenvalue weighted by molar-refractivity contribution is 4.36. The molecule has 1 aliphatic heterocycles. The quantitative estimate of drug-likeness (QED) is 0.405. The highest BCUT2D eigenvalue weighted by Gasteiger charge is 1.95. The molecule has 2 N–H and O–H groups in total. The van der Waals surface area contributed by atoms with Gasteiger partial charge in [-0.25, -0.2) is 9.78 Å². The standard InChI is InChI=1S/C4H8O2.H2O/c1-2-4-6-5-3-1;/h1-4H2;1H2. The normalized spacial score (nSPS) is 20.6. The van der Waals surface area contributed by atoms with Crippen molar-refractivity contribution in [3.05, 3.63) is 0 Å². The third kappa shape index (κ3) is 2.56. The molecule has 0 aromatic carbocycles. The van der Waals surface area contributed by atoms with Gasteiger partial charge in [0.15, 0.2) is 0 Å². The van der Waals surface area contributed by atoms with Crippen LogP contribution >= 0.6 is 0 Å². The van der Waals surface area contributed by atoms with E-state index in [-0.39, 0.29) is 5.48 Å². The van der Waals surface area contributed by atoms with Gasteiger partial charge < -0.3 is 5.48 Å². The second-order valence-corrected chi connectivity index (χ2v) is 1.35. The third-order valence-corrected chi connectivity index (χ3v) is 0.789. The van der Waals surface area contributed by atoms with Gasteiger partial charge in [-0.3, -0.25) is 0 Å². The fraction of sp³-hybridized carbons (Fsp3) is 1.00. The van der Waals surface area contributed by atoms with E-state index in [2.05, 4.69) is 9.78 Å². The first kappa shape index (κ1) is 6.88. The minimum Gasteiger partial charge on any atom is -0.412 e. The minimum atomic E-state index is 0. The van der Waals surface area contributed by atoms with Crippen LogP contribution in [0, 0.1) is 0 Å². The lowest BCUT2D eigenvalue weighted by Gasteiger charge is -2.07. The van der Waals surface area contributed by atoms with Gasteiger partial charge in [0, 0.05) is 0 Å². The molecule has 44 valence electrons. The monoisotopic (exact) mass is 106 g/mol. The van der Waals surface area contributed by atoms with Crippen molar-refractivity contribution in [1.82, 2.24) is 0 Å². The summed E-state index contributed by atoms with van der Waals surface area (Å²) in [6, 6.07) is 0. The largest absolute Gasteiger partial charge is 0.412 e. The summed E-state index contributed by atoms with van der Waals surface area (Å²) in [7, 11) is 0. The van der Waals surface area contributed by atoms with Crippen LogP contribution in [-0.4, -0.2) is 18.7 Å². The Hall–Kier alpha value is -0.120. The summed E-state index contributed by atoms with van der Waals surface area (Å²) in [6.07, 6.45) is 2.31. The summed E-state index contributed by atoms with van der Waals surface area (Å²) in [6.45, 7) is 1.56. The fourth-order valence-electron chi connectivity index (χ4n) is 0.440. The van der Waals surface area contributed by atoms with Crippen molar-refractivity contribution < 1.29 is 15.3 Å². The molecule has 0 spiro atoms. The Kier molecular flexibility index (Phi) is 3.98. The minimum absolute atomic E-state index is 0. The predicted molar refractivity (Wildman–Crippen MR) is 24.8 cm³/mol. The zero-order valence-electron chi connectivity index (χ0n) is 4.14. The average Bonchev–Trinajstić information content (AvgIpc) is 1.72. The molecule has 0 amide bonds. The molecular weight excluding hydrogens is 96.0 g/mol. The number of hydrogen-bond donors (Lipinski definition) is 0. The smallest absolute Gasteiger partial charge is 0.0823 e. The Morgan fingerprint density at radius 3 is 1.43 bits per heavy atom. The van der Waals surface area contributed by atoms with Crippen molar-refractivity contribution in [3.63, 3.8) is 0 Å². The summed E-state index contributed by atoms with van der Waals surface area (Å²) >= 11 is 0. The molecule has 0 unspecified atom stereocenters. The van der Waals surface area contributed by atoms with Crippen molar-refractivity contribution in [3.8, 4) is 0 Å². The zero-order chi connectivity index (χ0) is 4.24. The lowest BCUT2D eigenvalue weighted by molar-refractivity contribution is -0.312. The van der Waals surface area contributed by atoms with Crippen LogP contribution in [0.15, 0.2) is 0 Å². The van der Waals surface area contributed by atoms with Crippen LogP contribution in [0.25, 0.3) is 0 Å². The van der Waals surface area contributed by atoms with Crippen molar-refractivity contribution in [2.45, 2.75) is 12.8 Å². The Morgan fingerprint density at radius 1 is 0.857 bits per heavy atom. The van der Waals surface area contributed by atoms with Crippen molar-refractivity contribution in [1.29, 1.82) is 0 Å². The fourth-order valence-corrected chi connectivity index (χ4v) is 0.440. The third-order valence-electron chi connectivity index (χ3n) is 0.789. The summed E-state index contributed by atoms with van der Waals surface area (Å²) in [5.74, 6) is 0. The zero-order valence-corrected chi connectivity index (χ0v) is 4.14. The summed E-state index contributed by atoms with van der Waals surface area (Å²) < 4.78 is 0. The van der Waals surface area contributed by atoms with E-state index in [4.69, 9.17) is 0 Å². The van der Waals surface area contributed by atoms with E-state index in [0.717, 1.165) is 26.1 Å². The summed E-state index contributed by atoms with van der Waals surface area (Å²) in [5, 5.41) is 0. The maximum Gasteiger partial charge on any atom is 0.0823 e. The van der Waals surface area contributed by atoms with E-state index < -0.39 is 0 Å². The van der Waals surface area contributed by atoms with E-state index in [1.54, 1.807) is 0 Å². The van der Waals surface area contributed by atoms with E-state index >= 15 is 0 Å². The van der Waals surface area contributed by atoms with Crippen LogP contribution in [0.5, 0.6) is 0 Å². The molecule has 1 saturated heterocycles. The van der Waals surface area contributed by atoms with Crippen molar-refractivity contribution >= 4 is 0 Å². The van der Waals surface area contributed by atoms with Crippen LogP contribution in [0.3, 0.4) is 0 Å². The van der Waals surface area contributed by atoms with Gasteiger partial charge in [-0.2, -0.15) is 0 Å². The van der Waals surface area contributed by atoms with Crippen LogP contribution in [-0.2, 0) is 9.78 Å². The van der Waals surface area contributed by atoms with Crippen molar-refractivity contribution in [2.75, 3.05) is 13.2 Å². The highest BCUT2D eigenvalue weighted by atomic mass is 17.2. The molecule has 0 saturated carbocycles. The molecule has 1 fully saturated rings. The second kappa shape index (κ2) is 4.05. The molecule has 1 aliphatic rings. The van der Waals surface area contributed by atoms with Gasteiger partial charge in [-0.05, 0) is 12.8 Å². The maximum absolute atomic E-state index is 4.57. The molecule has 0 aromatic rings. The number of rotatable bonds is 0. The van der Waals surface area contributed by atoms with Crippen LogP contribution in [0.2, 0.25) is 0 Å². The topological polar surface area (TPSA) is 50.0 Å². The van der Waals surface area contributed by atoms with Gasteiger partial charge >= 0.3 is 0 Å².